The minimum absolute atomic E-state index is 0.124. The standard InChI is InChI=1S/C10H11N7O3/c18-9(19)5-17-3-7(12-14-17)10(20)15-1-2-16-6-11-13-8(16)4-15/h3,6H,1-2,4-5H2,(H,18,19). The number of aromatic nitrogens is 6. The summed E-state index contributed by atoms with van der Waals surface area (Å²) in [4.78, 5) is 24.4. The highest BCUT2D eigenvalue weighted by molar-refractivity contribution is 5.92. The second kappa shape index (κ2) is 4.72. The first-order valence-electron chi connectivity index (χ1n) is 5.91. The number of nitrogens with zero attached hydrogens (tertiary/aromatic N) is 7. The second-order valence-corrected chi connectivity index (χ2v) is 4.36. The van der Waals surface area contributed by atoms with Crippen LogP contribution in [-0.2, 0) is 24.4 Å². The minimum Gasteiger partial charge on any atom is -0.480 e. The Morgan fingerprint density at radius 2 is 2.15 bits per heavy atom. The van der Waals surface area contributed by atoms with Crippen LogP contribution in [0.25, 0.3) is 0 Å². The number of carboxylic acid groups (broad SMARTS) is 1. The average molecular weight is 277 g/mol. The van der Waals surface area contributed by atoms with E-state index in [-0.39, 0.29) is 18.1 Å². The fraction of sp³-hybridized carbons (Fsp3) is 0.400. The molecule has 0 radical (unpaired) electrons. The van der Waals surface area contributed by atoms with Gasteiger partial charge in [-0.2, -0.15) is 0 Å². The second-order valence-electron chi connectivity index (χ2n) is 4.36. The van der Waals surface area contributed by atoms with Crippen molar-refractivity contribution in [1.29, 1.82) is 0 Å². The van der Waals surface area contributed by atoms with Gasteiger partial charge in [0.05, 0.1) is 12.7 Å². The molecule has 3 rings (SSSR count). The lowest BCUT2D eigenvalue weighted by molar-refractivity contribution is -0.137. The summed E-state index contributed by atoms with van der Waals surface area (Å²) in [6.45, 7) is 1.17. The highest BCUT2D eigenvalue weighted by Gasteiger charge is 2.24. The van der Waals surface area contributed by atoms with Crippen molar-refractivity contribution in [2.45, 2.75) is 19.6 Å². The third-order valence-corrected chi connectivity index (χ3v) is 2.98. The largest absolute Gasteiger partial charge is 0.480 e. The van der Waals surface area contributed by atoms with Gasteiger partial charge in [-0.25, -0.2) is 4.68 Å². The van der Waals surface area contributed by atoms with Gasteiger partial charge in [0.2, 0.25) is 0 Å². The molecule has 0 saturated carbocycles. The quantitative estimate of drug-likeness (QED) is 0.733. The van der Waals surface area contributed by atoms with Gasteiger partial charge in [-0.15, -0.1) is 15.3 Å². The predicted octanol–water partition coefficient (Wildman–Crippen LogP) is -1.39. The van der Waals surface area contributed by atoms with Crippen molar-refractivity contribution >= 4 is 11.9 Å². The summed E-state index contributed by atoms with van der Waals surface area (Å²) in [5.41, 5.74) is 0.124. The van der Waals surface area contributed by atoms with E-state index in [0.717, 1.165) is 4.68 Å². The van der Waals surface area contributed by atoms with Crippen molar-refractivity contribution in [2.75, 3.05) is 6.54 Å². The summed E-state index contributed by atoms with van der Waals surface area (Å²) in [6, 6.07) is 0. The van der Waals surface area contributed by atoms with Gasteiger partial charge in [0.1, 0.15) is 12.9 Å². The first kappa shape index (κ1) is 12.3. The zero-order valence-corrected chi connectivity index (χ0v) is 10.4. The predicted molar refractivity (Wildman–Crippen MR) is 62.4 cm³/mol. The van der Waals surface area contributed by atoms with Crippen molar-refractivity contribution in [2.24, 2.45) is 0 Å². The van der Waals surface area contributed by atoms with E-state index in [2.05, 4.69) is 20.5 Å². The monoisotopic (exact) mass is 277 g/mol. The molecule has 0 spiro atoms. The zero-order valence-electron chi connectivity index (χ0n) is 10.4. The Hall–Kier alpha value is -2.78. The Labute approximate surface area is 112 Å². The van der Waals surface area contributed by atoms with Gasteiger partial charge in [-0.1, -0.05) is 5.21 Å². The molecule has 0 aromatic carbocycles. The van der Waals surface area contributed by atoms with E-state index < -0.39 is 5.97 Å². The third-order valence-electron chi connectivity index (χ3n) is 2.98. The summed E-state index contributed by atoms with van der Waals surface area (Å²) in [6.07, 6.45) is 2.95. The molecule has 0 atom stereocenters. The Balaban J connectivity index is 1.73. The maximum atomic E-state index is 12.2. The highest BCUT2D eigenvalue weighted by atomic mass is 16.4. The van der Waals surface area contributed by atoms with Crippen LogP contribution in [0.2, 0.25) is 0 Å². The van der Waals surface area contributed by atoms with Gasteiger partial charge in [0.25, 0.3) is 5.91 Å². The van der Waals surface area contributed by atoms with Crippen LogP contribution in [0, 0.1) is 0 Å². The van der Waals surface area contributed by atoms with Crippen LogP contribution in [0.4, 0.5) is 0 Å². The van der Waals surface area contributed by atoms with Crippen LogP contribution >= 0.6 is 0 Å². The molecule has 0 bridgehead atoms. The van der Waals surface area contributed by atoms with Crippen LogP contribution in [0.1, 0.15) is 16.3 Å². The number of carbonyl (C=O) groups excluding carboxylic acids is 1. The SMILES string of the molecule is O=C(O)Cn1cc(C(=O)N2CCn3cnnc3C2)nn1. The van der Waals surface area contributed by atoms with E-state index >= 15 is 0 Å². The molecule has 0 saturated heterocycles. The van der Waals surface area contributed by atoms with Gasteiger partial charge in [-0.05, 0) is 0 Å². The van der Waals surface area contributed by atoms with Gasteiger partial charge < -0.3 is 14.6 Å². The van der Waals surface area contributed by atoms with E-state index in [9.17, 15) is 9.59 Å². The molecule has 0 fully saturated rings. The average Bonchev–Trinajstić information content (AvgIpc) is 3.04. The summed E-state index contributed by atoms with van der Waals surface area (Å²) in [5, 5.41) is 23.7. The normalized spacial score (nSPS) is 14.1. The maximum Gasteiger partial charge on any atom is 0.325 e. The third kappa shape index (κ3) is 2.22. The minimum atomic E-state index is -1.04. The maximum absolute atomic E-state index is 12.2. The van der Waals surface area contributed by atoms with E-state index in [1.807, 2.05) is 4.57 Å². The van der Waals surface area contributed by atoms with E-state index in [1.165, 1.54) is 6.20 Å². The molecule has 1 N–H and O–H groups in total. The Morgan fingerprint density at radius 3 is 2.95 bits per heavy atom. The Morgan fingerprint density at radius 1 is 1.30 bits per heavy atom. The Kier molecular flexibility index (Phi) is 2.89. The molecule has 3 heterocycles. The molecule has 1 amide bonds. The van der Waals surface area contributed by atoms with E-state index in [4.69, 9.17) is 5.11 Å². The molecule has 20 heavy (non-hydrogen) atoms. The van der Waals surface area contributed by atoms with Crippen LogP contribution in [-0.4, -0.2) is 58.2 Å². The fourth-order valence-corrected chi connectivity index (χ4v) is 2.01. The molecule has 0 aliphatic carbocycles. The van der Waals surface area contributed by atoms with Gasteiger partial charge in [0.15, 0.2) is 11.5 Å². The van der Waals surface area contributed by atoms with E-state index in [1.54, 1.807) is 11.2 Å². The topological polar surface area (TPSA) is 119 Å². The smallest absolute Gasteiger partial charge is 0.325 e. The van der Waals surface area contributed by atoms with Gasteiger partial charge >= 0.3 is 5.97 Å². The number of amides is 1. The summed E-state index contributed by atoms with van der Waals surface area (Å²) < 4.78 is 2.99. The fourth-order valence-electron chi connectivity index (χ4n) is 2.01. The number of rotatable bonds is 3. The van der Waals surface area contributed by atoms with Crippen molar-refractivity contribution < 1.29 is 14.7 Å². The van der Waals surface area contributed by atoms with Gasteiger partial charge in [-0.3, -0.25) is 9.59 Å². The lowest BCUT2D eigenvalue weighted by atomic mass is 10.3. The van der Waals surface area contributed by atoms with Crippen molar-refractivity contribution in [1.82, 2.24) is 34.7 Å². The van der Waals surface area contributed by atoms with Crippen LogP contribution in [0.3, 0.4) is 0 Å². The van der Waals surface area contributed by atoms with Gasteiger partial charge in [0, 0.05) is 13.1 Å². The van der Waals surface area contributed by atoms with Crippen LogP contribution in [0.5, 0.6) is 0 Å². The number of carbonyl (C=O) groups is 2. The number of carboxylic acids is 1. The molecule has 1 aliphatic rings. The molecule has 1 aliphatic heterocycles. The Bertz CT molecular complexity index is 661. The first-order chi connectivity index (χ1) is 9.63. The van der Waals surface area contributed by atoms with Crippen molar-refractivity contribution in [3.8, 4) is 0 Å². The molecule has 2 aromatic heterocycles. The van der Waals surface area contributed by atoms with E-state index in [0.29, 0.717) is 25.5 Å². The van der Waals surface area contributed by atoms with Crippen molar-refractivity contribution in [3.63, 3.8) is 0 Å². The first-order valence-corrected chi connectivity index (χ1v) is 5.91. The zero-order chi connectivity index (χ0) is 14.1. The lowest BCUT2D eigenvalue weighted by Crippen LogP contribution is -2.38. The molecular weight excluding hydrogens is 266 g/mol. The molecule has 104 valence electrons. The summed E-state index contributed by atoms with van der Waals surface area (Å²) >= 11 is 0. The molecular formula is C10H11N7O3. The number of aliphatic carboxylic acids is 1. The number of hydrogen-bond donors (Lipinski definition) is 1. The summed E-state index contributed by atoms with van der Waals surface area (Å²) in [7, 11) is 0. The van der Waals surface area contributed by atoms with Crippen molar-refractivity contribution in [3.05, 3.63) is 24.0 Å². The molecule has 0 unspecified atom stereocenters. The summed E-state index contributed by atoms with van der Waals surface area (Å²) in [5.74, 6) is -0.626. The number of fused-ring (bicyclic) bond motifs is 1. The lowest BCUT2D eigenvalue weighted by Gasteiger charge is -2.26. The molecule has 10 heteroatoms. The molecule has 2 aromatic rings. The highest BCUT2D eigenvalue weighted by Crippen LogP contribution is 2.11. The van der Waals surface area contributed by atoms with Crippen LogP contribution < -0.4 is 0 Å². The molecule has 10 nitrogen and oxygen atoms in total. The van der Waals surface area contributed by atoms with Crippen LogP contribution in [0.15, 0.2) is 12.5 Å². The number of hydrogen-bond acceptors (Lipinski definition) is 6.